The van der Waals surface area contributed by atoms with Crippen LogP contribution in [0.2, 0.25) is 0 Å². The fourth-order valence-electron chi connectivity index (χ4n) is 2.39. The molecule has 0 unspecified atom stereocenters. The molecule has 0 spiro atoms. The number of aromatic nitrogens is 3. The number of carbonyl (C=O) groups excluding carboxylic acids is 1. The lowest BCUT2D eigenvalue weighted by Crippen LogP contribution is -2.42. The summed E-state index contributed by atoms with van der Waals surface area (Å²) in [6.07, 6.45) is 1.86. The number of nitrogens with zero attached hydrogens (tertiary/aromatic N) is 4. The molecule has 0 radical (unpaired) electrons. The summed E-state index contributed by atoms with van der Waals surface area (Å²) >= 11 is 0. The second kappa shape index (κ2) is 5.20. The third-order valence-corrected chi connectivity index (χ3v) is 3.59. The number of aromatic carboxylic acids is 1. The van der Waals surface area contributed by atoms with Gasteiger partial charge < -0.3 is 14.7 Å². The van der Waals surface area contributed by atoms with Crippen LogP contribution in [0.4, 0.5) is 0 Å². The highest BCUT2D eigenvalue weighted by Gasteiger charge is 2.34. The SMILES string of the molecule is O=C(O)c1nnn(CC(=O)N2CCOCC2)c1C1CC1. The molecule has 108 valence electrons. The Morgan fingerprint density at radius 1 is 1.30 bits per heavy atom. The number of hydrogen-bond acceptors (Lipinski definition) is 5. The summed E-state index contributed by atoms with van der Waals surface area (Å²) in [5.41, 5.74) is 0.557. The van der Waals surface area contributed by atoms with E-state index in [4.69, 9.17) is 9.84 Å². The molecular formula is C12H16N4O4. The van der Waals surface area contributed by atoms with Gasteiger partial charge in [0.05, 0.1) is 18.9 Å². The zero-order valence-corrected chi connectivity index (χ0v) is 11.0. The van der Waals surface area contributed by atoms with Crippen LogP contribution < -0.4 is 0 Å². The Morgan fingerprint density at radius 3 is 2.60 bits per heavy atom. The number of amides is 1. The lowest BCUT2D eigenvalue weighted by atomic mass is 10.2. The molecule has 0 aromatic carbocycles. The zero-order valence-electron chi connectivity index (χ0n) is 11.0. The molecule has 3 rings (SSSR count). The van der Waals surface area contributed by atoms with Gasteiger partial charge in [-0.05, 0) is 12.8 Å². The summed E-state index contributed by atoms with van der Waals surface area (Å²) in [5, 5.41) is 16.6. The molecule has 2 heterocycles. The van der Waals surface area contributed by atoms with E-state index in [-0.39, 0.29) is 24.1 Å². The van der Waals surface area contributed by atoms with E-state index in [2.05, 4.69) is 10.3 Å². The van der Waals surface area contributed by atoms with Crippen molar-refractivity contribution in [3.8, 4) is 0 Å². The maximum Gasteiger partial charge on any atom is 0.358 e. The molecule has 2 aliphatic rings. The Kier molecular flexibility index (Phi) is 3.39. The van der Waals surface area contributed by atoms with Crippen molar-refractivity contribution < 1.29 is 19.4 Å². The van der Waals surface area contributed by atoms with Gasteiger partial charge in [-0.15, -0.1) is 5.10 Å². The molecular weight excluding hydrogens is 264 g/mol. The fourth-order valence-corrected chi connectivity index (χ4v) is 2.39. The quantitative estimate of drug-likeness (QED) is 0.814. The molecule has 1 aliphatic heterocycles. The summed E-state index contributed by atoms with van der Waals surface area (Å²) in [6.45, 7) is 2.26. The summed E-state index contributed by atoms with van der Waals surface area (Å²) in [4.78, 5) is 25.0. The monoisotopic (exact) mass is 280 g/mol. The van der Waals surface area contributed by atoms with Gasteiger partial charge in [-0.2, -0.15) is 0 Å². The minimum Gasteiger partial charge on any atom is -0.476 e. The number of morpholine rings is 1. The summed E-state index contributed by atoms with van der Waals surface area (Å²) < 4.78 is 6.64. The van der Waals surface area contributed by atoms with Crippen LogP contribution in [0.5, 0.6) is 0 Å². The lowest BCUT2D eigenvalue weighted by molar-refractivity contribution is -0.136. The average Bonchev–Trinajstić information content (AvgIpc) is 3.20. The normalized spacial score (nSPS) is 19.1. The molecule has 1 amide bonds. The van der Waals surface area contributed by atoms with Crippen molar-refractivity contribution in [2.45, 2.75) is 25.3 Å². The summed E-state index contributed by atoms with van der Waals surface area (Å²) in [7, 11) is 0. The van der Waals surface area contributed by atoms with E-state index in [1.165, 1.54) is 4.68 Å². The highest BCUT2D eigenvalue weighted by Crippen LogP contribution is 2.41. The Morgan fingerprint density at radius 2 is 2.00 bits per heavy atom. The Labute approximate surface area is 115 Å². The van der Waals surface area contributed by atoms with Crippen molar-refractivity contribution in [3.63, 3.8) is 0 Å². The molecule has 1 aromatic rings. The van der Waals surface area contributed by atoms with Gasteiger partial charge in [0.15, 0.2) is 5.69 Å². The maximum absolute atomic E-state index is 12.2. The minimum atomic E-state index is -1.09. The highest BCUT2D eigenvalue weighted by molar-refractivity contribution is 5.87. The summed E-state index contributed by atoms with van der Waals surface area (Å²) in [6, 6.07) is 0. The van der Waals surface area contributed by atoms with Crippen LogP contribution in [-0.2, 0) is 16.1 Å². The molecule has 0 atom stereocenters. The van der Waals surface area contributed by atoms with E-state index in [0.29, 0.717) is 32.0 Å². The first kappa shape index (κ1) is 13.0. The van der Waals surface area contributed by atoms with Gasteiger partial charge in [0.1, 0.15) is 6.54 Å². The van der Waals surface area contributed by atoms with E-state index in [0.717, 1.165) is 12.8 Å². The van der Waals surface area contributed by atoms with Gasteiger partial charge in [0.2, 0.25) is 5.91 Å². The van der Waals surface area contributed by atoms with E-state index >= 15 is 0 Å². The van der Waals surface area contributed by atoms with Gasteiger partial charge in [-0.25, -0.2) is 9.48 Å². The second-order valence-corrected chi connectivity index (χ2v) is 5.05. The molecule has 1 aliphatic carbocycles. The van der Waals surface area contributed by atoms with Crippen LogP contribution in [0.1, 0.15) is 34.9 Å². The van der Waals surface area contributed by atoms with Gasteiger partial charge in [-0.3, -0.25) is 4.79 Å². The van der Waals surface area contributed by atoms with Crippen molar-refractivity contribution in [2.75, 3.05) is 26.3 Å². The average molecular weight is 280 g/mol. The van der Waals surface area contributed by atoms with Crippen LogP contribution in [0.15, 0.2) is 0 Å². The first-order chi connectivity index (χ1) is 9.66. The Hall–Kier alpha value is -1.96. The lowest BCUT2D eigenvalue weighted by Gasteiger charge is -2.26. The number of ether oxygens (including phenoxy) is 1. The topological polar surface area (TPSA) is 97.5 Å². The Balaban J connectivity index is 1.76. The number of carbonyl (C=O) groups is 2. The smallest absolute Gasteiger partial charge is 0.358 e. The van der Waals surface area contributed by atoms with Crippen LogP contribution >= 0.6 is 0 Å². The first-order valence-corrected chi connectivity index (χ1v) is 6.69. The van der Waals surface area contributed by atoms with E-state index < -0.39 is 5.97 Å². The standard InChI is InChI=1S/C12H16N4O4/c17-9(15-3-5-20-6-4-15)7-16-11(8-1-2-8)10(12(18)19)13-14-16/h8H,1-7H2,(H,18,19). The third-order valence-electron chi connectivity index (χ3n) is 3.59. The van der Waals surface area contributed by atoms with Crippen LogP contribution in [0.25, 0.3) is 0 Å². The summed E-state index contributed by atoms with van der Waals surface area (Å²) in [5.74, 6) is -0.984. The van der Waals surface area contributed by atoms with Crippen molar-refractivity contribution in [2.24, 2.45) is 0 Å². The predicted octanol–water partition coefficient (Wildman–Crippen LogP) is -0.288. The highest BCUT2D eigenvalue weighted by atomic mass is 16.5. The number of carboxylic acids is 1. The molecule has 2 fully saturated rings. The number of rotatable bonds is 4. The van der Waals surface area contributed by atoms with E-state index in [9.17, 15) is 9.59 Å². The largest absolute Gasteiger partial charge is 0.476 e. The molecule has 1 aromatic heterocycles. The molecule has 1 saturated heterocycles. The van der Waals surface area contributed by atoms with Crippen molar-refractivity contribution in [1.29, 1.82) is 0 Å². The maximum atomic E-state index is 12.2. The zero-order chi connectivity index (χ0) is 14.1. The van der Waals surface area contributed by atoms with Crippen LogP contribution in [0.3, 0.4) is 0 Å². The minimum absolute atomic E-state index is 0.0257. The van der Waals surface area contributed by atoms with Gasteiger partial charge in [0.25, 0.3) is 0 Å². The van der Waals surface area contributed by atoms with Crippen molar-refractivity contribution in [1.82, 2.24) is 19.9 Å². The van der Waals surface area contributed by atoms with E-state index in [1.54, 1.807) is 4.90 Å². The first-order valence-electron chi connectivity index (χ1n) is 6.69. The molecule has 20 heavy (non-hydrogen) atoms. The second-order valence-electron chi connectivity index (χ2n) is 5.05. The number of hydrogen-bond donors (Lipinski definition) is 1. The Bertz CT molecular complexity index is 532. The van der Waals surface area contributed by atoms with Crippen molar-refractivity contribution in [3.05, 3.63) is 11.4 Å². The number of carboxylic acid groups (broad SMARTS) is 1. The van der Waals surface area contributed by atoms with Gasteiger partial charge >= 0.3 is 5.97 Å². The molecule has 8 heteroatoms. The van der Waals surface area contributed by atoms with Crippen LogP contribution in [0, 0.1) is 0 Å². The fraction of sp³-hybridized carbons (Fsp3) is 0.667. The molecule has 0 bridgehead atoms. The van der Waals surface area contributed by atoms with Gasteiger partial charge in [0, 0.05) is 19.0 Å². The van der Waals surface area contributed by atoms with Crippen LogP contribution in [-0.4, -0.2) is 63.2 Å². The third kappa shape index (κ3) is 2.51. The predicted molar refractivity (Wildman–Crippen MR) is 66.4 cm³/mol. The van der Waals surface area contributed by atoms with Crippen molar-refractivity contribution >= 4 is 11.9 Å². The molecule has 1 N–H and O–H groups in total. The van der Waals surface area contributed by atoms with E-state index in [1.807, 2.05) is 0 Å². The molecule has 1 saturated carbocycles. The molecule has 8 nitrogen and oxygen atoms in total. The van der Waals surface area contributed by atoms with Gasteiger partial charge in [-0.1, -0.05) is 5.21 Å².